The van der Waals surface area contributed by atoms with Crippen LogP contribution < -0.4 is 5.32 Å². The first-order chi connectivity index (χ1) is 9.74. The molecule has 3 unspecified atom stereocenters. The van der Waals surface area contributed by atoms with Gasteiger partial charge in [0.2, 0.25) is 0 Å². The van der Waals surface area contributed by atoms with Crippen molar-refractivity contribution in [3.8, 4) is 0 Å². The van der Waals surface area contributed by atoms with Crippen molar-refractivity contribution in [3.63, 3.8) is 0 Å². The van der Waals surface area contributed by atoms with E-state index in [2.05, 4.69) is 68.2 Å². The highest BCUT2D eigenvalue weighted by molar-refractivity contribution is 9.10. The van der Waals surface area contributed by atoms with Crippen molar-refractivity contribution in [2.24, 2.45) is 0 Å². The van der Waals surface area contributed by atoms with E-state index in [1.165, 1.54) is 24.8 Å². The summed E-state index contributed by atoms with van der Waals surface area (Å²) in [5, 5.41) is 3.79. The molecule has 0 radical (unpaired) electrons. The van der Waals surface area contributed by atoms with Crippen LogP contribution in [-0.2, 0) is 0 Å². The molecule has 2 aromatic rings. The van der Waals surface area contributed by atoms with Crippen LogP contribution in [-0.4, -0.2) is 15.6 Å². The van der Waals surface area contributed by atoms with E-state index in [1.54, 1.807) is 0 Å². The zero-order valence-corrected chi connectivity index (χ0v) is 13.3. The van der Waals surface area contributed by atoms with Crippen LogP contribution in [0.25, 0.3) is 0 Å². The molecule has 3 nitrogen and oxygen atoms in total. The number of imidazole rings is 1. The molecule has 1 aliphatic carbocycles. The highest BCUT2D eigenvalue weighted by Crippen LogP contribution is 2.32. The number of halogens is 1. The lowest BCUT2D eigenvalue weighted by molar-refractivity contribution is 0.362. The van der Waals surface area contributed by atoms with Crippen molar-refractivity contribution in [1.82, 2.24) is 14.9 Å². The monoisotopic (exact) mass is 333 g/mol. The van der Waals surface area contributed by atoms with E-state index in [4.69, 9.17) is 0 Å². The Morgan fingerprint density at radius 2 is 2.30 bits per heavy atom. The molecule has 0 aliphatic heterocycles. The van der Waals surface area contributed by atoms with Crippen LogP contribution in [0.1, 0.15) is 43.8 Å². The van der Waals surface area contributed by atoms with Crippen molar-refractivity contribution in [3.05, 3.63) is 53.0 Å². The van der Waals surface area contributed by atoms with Gasteiger partial charge in [0.1, 0.15) is 0 Å². The molecule has 1 aromatic heterocycles. The smallest absolute Gasteiger partial charge is 0.0949 e. The predicted molar refractivity (Wildman–Crippen MR) is 84.6 cm³/mol. The average molecular weight is 334 g/mol. The first kappa shape index (κ1) is 13.8. The van der Waals surface area contributed by atoms with E-state index >= 15 is 0 Å². The Labute approximate surface area is 128 Å². The van der Waals surface area contributed by atoms with E-state index in [-0.39, 0.29) is 0 Å². The molecular formula is C16H20BrN3. The molecule has 1 saturated carbocycles. The number of nitrogens with zero attached hydrogens (tertiary/aromatic N) is 2. The Balaban J connectivity index is 1.70. The van der Waals surface area contributed by atoms with E-state index in [0.29, 0.717) is 18.1 Å². The minimum atomic E-state index is 0.363. The molecule has 1 heterocycles. The lowest BCUT2D eigenvalue weighted by Crippen LogP contribution is -2.35. The third-order valence-corrected chi connectivity index (χ3v) is 4.69. The molecule has 4 heteroatoms. The van der Waals surface area contributed by atoms with Gasteiger partial charge in [0.25, 0.3) is 0 Å². The van der Waals surface area contributed by atoms with Crippen LogP contribution in [0.5, 0.6) is 0 Å². The summed E-state index contributed by atoms with van der Waals surface area (Å²) in [6.07, 6.45) is 9.64. The second-order valence-electron chi connectivity index (χ2n) is 5.56. The third-order valence-electron chi connectivity index (χ3n) is 4.20. The number of benzene rings is 1. The van der Waals surface area contributed by atoms with Crippen LogP contribution >= 0.6 is 15.9 Å². The van der Waals surface area contributed by atoms with Gasteiger partial charge in [0.05, 0.1) is 6.33 Å². The van der Waals surface area contributed by atoms with Crippen LogP contribution in [0.2, 0.25) is 0 Å². The molecule has 0 saturated heterocycles. The highest BCUT2D eigenvalue weighted by atomic mass is 79.9. The van der Waals surface area contributed by atoms with Gasteiger partial charge in [-0.1, -0.05) is 28.1 Å². The number of nitrogens with one attached hydrogen (secondary N) is 1. The fraction of sp³-hybridized carbons (Fsp3) is 0.438. The minimum Gasteiger partial charge on any atom is -0.333 e. The Bertz CT molecular complexity index is 553. The quantitative estimate of drug-likeness (QED) is 0.913. The van der Waals surface area contributed by atoms with Crippen molar-refractivity contribution < 1.29 is 0 Å². The van der Waals surface area contributed by atoms with Gasteiger partial charge in [-0.05, 0) is 43.9 Å². The number of hydrogen-bond acceptors (Lipinski definition) is 2. The van der Waals surface area contributed by atoms with Gasteiger partial charge in [-0.25, -0.2) is 4.98 Å². The average Bonchev–Trinajstić information content (AvgIpc) is 3.08. The molecule has 3 atom stereocenters. The lowest BCUT2D eigenvalue weighted by atomic mass is 10.1. The Kier molecular flexibility index (Phi) is 4.22. The molecular weight excluding hydrogens is 314 g/mol. The zero-order chi connectivity index (χ0) is 13.9. The van der Waals surface area contributed by atoms with Gasteiger partial charge >= 0.3 is 0 Å². The molecule has 1 fully saturated rings. The summed E-state index contributed by atoms with van der Waals surface area (Å²) in [6, 6.07) is 9.97. The van der Waals surface area contributed by atoms with Crippen LogP contribution in [0.3, 0.4) is 0 Å². The van der Waals surface area contributed by atoms with E-state index in [9.17, 15) is 0 Å². The van der Waals surface area contributed by atoms with E-state index < -0.39 is 0 Å². The van der Waals surface area contributed by atoms with Gasteiger partial charge in [0, 0.05) is 35.0 Å². The maximum absolute atomic E-state index is 4.18. The fourth-order valence-corrected chi connectivity index (χ4v) is 3.57. The van der Waals surface area contributed by atoms with Crippen LogP contribution in [0.4, 0.5) is 0 Å². The summed E-state index contributed by atoms with van der Waals surface area (Å²) in [7, 11) is 0. The first-order valence-corrected chi connectivity index (χ1v) is 8.02. The summed E-state index contributed by atoms with van der Waals surface area (Å²) in [4.78, 5) is 4.18. The summed E-state index contributed by atoms with van der Waals surface area (Å²) >= 11 is 3.55. The molecule has 0 spiro atoms. The fourth-order valence-electron chi connectivity index (χ4n) is 3.15. The second kappa shape index (κ2) is 6.10. The number of aromatic nitrogens is 2. The Hall–Kier alpha value is -1.13. The Morgan fingerprint density at radius 1 is 1.40 bits per heavy atom. The molecule has 20 heavy (non-hydrogen) atoms. The van der Waals surface area contributed by atoms with Gasteiger partial charge in [-0.3, -0.25) is 0 Å². The summed E-state index contributed by atoms with van der Waals surface area (Å²) in [5.74, 6) is 0. The largest absolute Gasteiger partial charge is 0.333 e. The maximum Gasteiger partial charge on any atom is 0.0949 e. The van der Waals surface area contributed by atoms with Crippen LogP contribution in [0, 0.1) is 0 Å². The topological polar surface area (TPSA) is 29.9 Å². The minimum absolute atomic E-state index is 0.363. The summed E-state index contributed by atoms with van der Waals surface area (Å²) in [6.45, 7) is 2.24. The lowest BCUT2D eigenvalue weighted by Gasteiger charge is -2.26. The van der Waals surface area contributed by atoms with E-state index in [0.717, 1.165) is 4.47 Å². The van der Waals surface area contributed by atoms with Crippen LogP contribution in [0.15, 0.2) is 47.5 Å². The molecule has 1 aliphatic rings. The SMILES string of the molecule is CC(NC1CCCC1n1ccnc1)c1cccc(Br)c1. The van der Waals surface area contributed by atoms with Gasteiger partial charge in [-0.15, -0.1) is 0 Å². The molecule has 106 valence electrons. The first-order valence-electron chi connectivity index (χ1n) is 7.23. The highest BCUT2D eigenvalue weighted by Gasteiger charge is 2.29. The Morgan fingerprint density at radius 3 is 3.05 bits per heavy atom. The van der Waals surface area contributed by atoms with Crippen molar-refractivity contribution >= 4 is 15.9 Å². The van der Waals surface area contributed by atoms with Crippen molar-refractivity contribution in [2.45, 2.75) is 44.3 Å². The second-order valence-corrected chi connectivity index (χ2v) is 6.47. The zero-order valence-electron chi connectivity index (χ0n) is 11.7. The molecule has 0 bridgehead atoms. The number of hydrogen-bond donors (Lipinski definition) is 1. The molecule has 3 rings (SSSR count). The summed E-state index contributed by atoms with van der Waals surface area (Å²) < 4.78 is 3.39. The predicted octanol–water partition coefficient (Wildman–Crippen LogP) is 4.09. The van der Waals surface area contributed by atoms with Crippen molar-refractivity contribution in [2.75, 3.05) is 0 Å². The summed E-state index contributed by atoms with van der Waals surface area (Å²) in [5.41, 5.74) is 1.33. The molecule has 1 aromatic carbocycles. The molecule has 1 N–H and O–H groups in total. The van der Waals surface area contributed by atoms with E-state index in [1.807, 2.05) is 12.5 Å². The van der Waals surface area contributed by atoms with Crippen molar-refractivity contribution in [1.29, 1.82) is 0 Å². The maximum atomic E-state index is 4.18. The van der Waals surface area contributed by atoms with Gasteiger partial charge in [-0.2, -0.15) is 0 Å². The normalized spacial score (nSPS) is 23.9. The number of rotatable bonds is 4. The standard InChI is InChI=1S/C16H20BrN3/c1-12(13-4-2-5-14(17)10-13)19-15-6-3-7-16(15)20-9-8-18-11-20/h2,4-5,8-12,15-16,19H,3,6-7H2,1H3. The van der Waals surface area contributed by atoms with Gasteiger partial charge in [0.15, 0.2) is 0 Å². The van der Waals surface area contributed by atoms with Gasteiger partial charge < -0.3 is 9.88 Å². The molecule has 0 amide bonds. The third kappa shape index (κ3) is 2.96.